The van der Waals surface area contributed by atoms with E-state index in [0.29, 0.717) is 6.54 Å². The van der Waals surface area contributed by atoms with Gasteiger partial charge in [0.1, 0.15) is 0 Å². The number of aromatic nitrogens is 2. The van der Waals surface area contributed by atoms with E-state index in [1.165, 1.54) is 10.5 Å². The molecule has 116 valence electrons. The van der Waals surface area contributed by atoms with Crippen molar-refractivity contribution in [3.8, 4) is 0 Å². The molecule has 0 fully saturated rings. The van der Waals surface area contributed by atoms with Crippen LogP contribution in [0.1, 0.15) is 23.6 Å². The summed E-state index contributed by atoms with van der Waals surface area (Å²) in [5.41, 5.74) is 2.35. The van der Waals surface area contributed by atoms with Gasteiger partial charge in [-0.15, -0.1) is 11.8 Å². The molecule has 6 heteroatoms. The lowest BCUT2D eigenvalue weighted by molar-refractivity contribution is 0.236. The highest BCUT2D eigenvalue weighted by molar-refractivity contribution is 7.99. The lowest BCUT2D eigenvalue weighted by Gasteiger charge is -2.25. The highest BCUT2D eigenvalue weighted by Crippen LogP contribution is 2.35. The second-order valence-electron chi connectivity index (χ2n) is 5.40. The number of aryl methyl sites for hydroxylation is 1. The predicted octanol–water partition coefficient (Wildman–Crippen LogP) is 2.50. The van der Waals surface area contributed by atoms with E-state index in [1.807, 2.05) is 43.3 Å². The van der Waals surface area contributed by atoms with Crippen molar-refractivity contribution in [2.45, 2.75) is 23.8 Å². The van der Waals surface area contributed by atoms with E-state index in [0.717, 1.165) is 24.2 Å². The molecule has 1 unspecified atom stereocenters. The maximum absolute atomic E-state index is 12.1. The molecule has 2 aromatic rings. The first-order valence-electron chi connectivity index (χ1n) is 7.46. The number of rotatable bonds is 4. The molecule has 1 aliphatic rings. The van der Waals surface area contributed by atoms with Crippen LogP contribution in [0.5, 0.6) is 0 Å². The number of thioether (sulfide) groups is 1. The van der Waals surface area contributed by atoms with Crippen LogP contribution < -0.4 is 10.6 Å². The second kappa shape index (κ2) is 6.87. The summed E-state index contributed by atoms with van der Waals surface area (Å²) in [6.45, 7) is 0.612. The maximum Gasteiger partial charge on any atom is 0.315 e. The molecule has 2 heterocycles. The number of carbonyl (C=O) groups excluding carboxylic acids is 1. The van der Waals surface area contributed by atoms with Gasteiger partial charge in [0.2, 0.25) is 0 Å². The van der Waals surface area contributed by atoms with E-state index in [9.17, 15) is 4.79 Å². The van der Waals surface area contributed by atoms with Gasteiger partial charge >= 0.3 is 6.03 Å². The van der Waals surface area contributed by atoms with E-state index >= 15 is 0 Å². The number of nitrogens with one attached hydrogen (secondary N) is 2. The van der Waals surface area contributed by atoms with Gasteiger partial charge in [-0.1, -0.05) is 18.2 Å². The quantitative estimate of drug-likeness (QED) is 0.911. The molecule has 22 heavy (non-hydrogen) atoms. The van der Waals surface area contributed by atoms with Gasteiger partial charge < -0.3 is 10.6 Å². The first-order chi connectivity index (χ1) is 10.7. The van der Waals surface area contributed by atoms with Crippen molar-refractivity contribution in [1.82, 2.24) is 20.4 Å². The number of carbonyl (C=O) groups is 1. The Kier molecular flexibility index (Phi) is 4.68. The highest BCUT2D eigenvalue weighted by atomic mass is 32.2. The third-order valence-electron chi connectivity index (χ3n) is 3.72. The molecule has 0 aliphatic carbocycles. The molecule has 2 N–H and O–H groups in total. The lowest BCUT2D eigenvalue weighted by atomic mass is 10.0. The van der Waals surface area contributed by atoms with Gasteiger partial charge in [0.05, 0.1) is 12.2 Å². The van der Waals surface area contributed by atoms with Gasteiger partial charge in [-0.2, -0.15) is 5.10 Å². The van der Waals surface area contributed by atoms with Gasteiger partial charge in [0.25, 0.3) is 0 Å². The number of benzene rings is 1. The van der Waals surface area contributed by atoms with Crippen molar-refractivity contribution >= 4 is 17.8 Å². The molecule has 0 radical (unpaired) electrons. The Morgan fingerprint density at radius 1 is 1.45 bits per heavy atom. The Labute approximate surface area is 134 Å². The summed E-state index contributed by atoms with van der Waals surface area (Å²) in [7, 11) is 1.89. The van der Waals surface area contributed by atoms with Crippen molar-refractivity contribution in [1.29, 1.82) is 0 Å². The number of fused-ring (bicyclic) bond motifs is 1. The Morgan fingerprint density at radius 3 is 3.14 bits per heavy atom. The third kappa shape index (κ3) is 3.62. The molecule has 2 amide bonds. The van der Waals surface area contributed by atoms with Crippen LogP contribution in [0.2, 0.25) is 0 Å². The Morgan fingerprint density at radius 2 is 2.32 bits per heavy atom. The molecule has 0 saturated heterocycles. The van der Waals surface area contributed by atoms with Crippen LogP contribution in [-0.4, -0.2) is 28.1 Å². The second-order valence-corrected chi connectivity index (χ2v) is 6.54. The van der Waals surface area contributed by atoms with Crippen molar-refractivity contribution in [3.63, 3.8) is 0 Å². The first kappa shape index (κ1) is 15.0. The standard InChI is InChI=1S/C16H20N4OS/c1-20-11-12(10-18-20)6-8-17-16(21)19-14-7-9-22-15-5-3-2-4-13(14)15/h2-5,10-11,14H,6-9H2,1H3,(H2,17,19,21). The molecule has 0 bridgehead atoms. The average molecular weight is 316 g/mol. The summed E-state index contributed by atoms with van der Waals surface area (Å²) in [6.07, 6.45) is 5.55. The fourth-order valence-corrected chi connectivity index (χ4v) is 3.75. The highest BCUT2D eigenvalue weighted by Gasteiger charge is 2.21. The zero-order valence-corrected chi connectivity index (χ0v) is 13.4. The normalized spacial score (nSPS) is 16.9. The molecule has 1 aromatic carbocycles. The van der Waals surface area contributed by atoms with Gasteiger partial charge in [-0.05, 0) is 30.0 Å². The van der Waals surface area contributed by atoms with Gasteiger partial charge in [0, 0.05) is 30.4 Å². The van der Waals surface area contributed by atoms with Gasteiger partial charge in [0.15, 0.2) is 0 Å². The topological polar surface area (TPSA) is 59.0 Å². The minimum absolute atomic E-state index is 0.101. The molecule has 5 nitrogen and oxygen atoms in total. The molecular weight excluding hydrogens is 296 g/mol. The maximum atomic E-state index is 12.1. The zero-order chi connectivity index (χ0) is 15.4. The molecule has 0 spiro atoms. The third-order valence-corrected chi connectivity index (χ3v) is 4.84. The summed E-state index contributed by atoms with van der Waals surface area (Å²) in [5.74, 6) is 1.04. The fraction of sp³-hybridized carbons (Fsp3) is 0.375. The Balaban J connectivity index is 1.50. The van der Waals surface area contributed by atoms with Crippen LogP contribution in [0, 0.1) is 0 Å². The van der Waals surface area contributed by atoms with Crippen molar-refractivity contribution in [2.24, 2.45) is 7.05 Å². The average Bonchev–Trinajstić information content (AvgIpc) is 2.93. The summed E-state index contributed by atoms with van der Waals surface area (Å²) in [4.78, 5) is 13.3. The fourth-order valence-electron chi connectivity index (χ4n) is 2.62. The molecule has 1 atom stereocenters. The van der Waals surface area contributed by atoms with Crippen molar-refractivity contribution in [3.05, 3.63) is 47.8 Å². The van der Waals surface area contributed by atoms with E-state index in [1.54, 1.807) is 4.68 Å². The van der Waals surface area contributed by atoms with E-state index in [4.69, 9.17) is 0 Å². The van der Waals surface area contributed by atoms with Crippen LogP contribution >= 0.6 is 11.8 Å². The minimum Gasteiger partial charge on any atom is -0.338 e. The summed E-state index contributed by atoms with van der Waals surface area (Å²) < 4.78 is 1.77. The smallest absolute Gasteiger partial charge is 0.315 e. The van der Waals surface area contributed by atoms with Gasteiger partial charge in [-0.3, -0.25) is 4.68 Å². The predicted molar refractivity (Wildman–Crippen MR) is 88.0 cm³/mol. The number of urea groups is 1. The number of hydrogen-bond acceptors (Lipinski definition) is 3. The summed E-state index contributed by atoms with van der Waals surface area (Å²) >= 11 is 1.86. The summed E-state index contributed by atoms with van der Waals surface area (Å²) in [6, 6.07) is 8.30. The molecule has 0 saturated carbocycles. The van der Waals surface area contributed by atoms with Crippen LogP contribution in [0.25, 0.3) is 0 Å². The van der Waals surface area contributed by atoms with Crippen LogP contribution in [0.3, 0.4) is 0 Å². The van der Waals surface area contributed by atoms with Crippen LogP contribution in [0.15, 0.2) is 41.6 Å². The number of hydrogen-bond donors (Lipinski definition) is 2. The first-order valence-corrected chi connectivity index (χ1v) is 8.44. The van der Waals surface area contributed by atoms with E-state index in [-0.39, 0.29) is 12.1 Å². The molecular formula is C16H20N4OS. The summed E-state index contributed by atoms with van der Waals surface area (Å²) in [5, 5.41) is 10.1. The van der Waals surface area contributed by atoms with Crippen molar-refractivity contribution < 1.29 is 4.79 Å². The zero-order valence-electron chi connectivity index (χ0n) is 12.6. The van der Waals surface area contributed by atoms with E-state index in [2.05, 4.69) is 27.9 Å². The molecule has 1 aromatic heterocycles. The monoisotopic (exact) mass is 316 g/mol. The SMILES string of the molecule is Cn1cc(CCNC(=O)NC2CCSc3ccccc32)cn1. The molecule has 3 rings (SSSR count). The number of nitrogens with zero attached hydrogens (tertiary/aromatic N) is 2. The van der Waals surface area contributed by atoms with Crippen LogP contribution in [-0.2, 0) is 13.5 Å². The minimum atomic E-state index is -0.101. The Hall–Kier alpha value is -1.95. The largest absolute Gasteiger partial charge is 0.338 e. The number of amides is 2. The van der Waals surface area contributed by atoms with Crippen LogP contribution in [0.4, 0.5) is 4.79 Å². The van der Waals surface area contributed by atoms with Crippen molar-refractivity contribution in [2.75, 3.05) is 12.3 Å². The Bertz CT molecular complexity index is 655. The van der Waals surface area contributed by atoms with E-state index < -0.39 is 0 Å². The molecule has 1 aliphatic heterocycles. The van der Waals surface area contributed by atoms with Gasteiger partial charge in [-0.25, -0.2) is 4.79 Å². The lowest BCUT2D eigenvalue weighted by Crippen LogP contribution is -2.39.